The van der Waals surface area contributed by atoms with E-state index in [1.54, 1.807) is 12.1 Å². The average molecular weight is 246 g/mol. The number of nitrogens with zero attached hydrogens (tertiary/aromatic N) is 1. The molecule has 62 valence electrons. The molecule has 0 atom stereocenters. The van der Waals surface area contributed by atoms with Crippen LogP contribution >= 0.6 is 27.5 Å². The smallest absolute Gasteiger partial charge is 0.138 e. The summed E-state index contributed by atoms with van der Waals surface area (Å²) in [6.07, 6.45) is 0. The van der Waals surface area contributed by atoms with Gasteiger partial charge in [-0.3, -0.25) is 0 Å². The molecule has 0 amide bonds. The van der Waals surface area contributed by atoms with E-state index in [0.717, 1.165) is 0 Å². The lowest BCUT2D eigenvalue weighted by atomic mass is 10.2. The molecule has 0 fully saturated rings. The van der Waals surface area contributed by atoms with Gasteiger partial charge in [0.05, 0.1) is 12.1 Å². The number of benzene rings is 1. The lowest BCUT2D eigenvalue weighted by molar-refractivity contribution is 0.413. The molecular weight excluding hydrogens is 241 g/mol. The van der Waals surface area contributed by atoms with Crippen molar-refractivity contribution in [3.8, 4) is 11.8 Å². The summed E-state index contributed by atoms with van der Waals surface area (Å²) in [5.41, 5.74) is 0.355. The Morgan fingerprint density at radius 3 is 2.75 bits per heavy atom. The standard InChI is InChI=1S/C8H5BrClNO/c1-12-7-3-2-6(9)8(10)5(7)4-11/h2-3H,1H3. The second-order valence-corrected chi connectivity index (χ2v) is 3.28. The van der Waals surface area contributed by atoms with Gasteiger partial charge in [0.2, 0.25) is 0 Å². The summed E-state index contributed by atoms with van der Waals surface area (Å²) in [5, 5.41) is 9.11. The highest BCUT2D eigenvalue weighted by atomic mass is 79.9. The zero-order chi connectivity index (χ0) is 9.14. The quantitative estimate of drug-likeness (QED) is 0.763. The molecule has 1 rings (SSSR count). The fraction of sp³-hybridized carbons (Fsp3) is 0.125. The number of hydrogen-bond acceptors (Lipinski definition) is 2. The van der Waals surface area contributed by atoms with Crippen molar-refractivity contribution in [2.75, 3.05) is 7.11 Å². The third-order valence-corrected chi connectivity index (χ3v) is 2.67. The highest BCUT2D eigenvalue weighted by Crippen LogP contribution is 2.32. The van der Waals surface area contributed by atoms with Crippen molar-refractivity contribution >= 4 is 27.5 Å². The van der Waals surface area contributed by atoms with Gasteiger partial charge in [-0.25, -0.2) is 0 Å². The SMILES string of the molecule is COc1ccc(Br)c(Cl)c1C#N. The summed E-state index contributed by atoms with van der Waals surface area (Å²) in [6, 6.07) is 5.40. The number of nitriles is 1. The topological polar surface area (TPSA) is 33.0 Å². The van der Waals surface area contributed by atoms with Gasteiger partial charge in [0, 0.05) is 4.47 Å². The van der Waals surface area contributed by atoms with Crippen LogP contribution < -0.4 is 4.74 Å². The minimum Gasteiger partial charge on any atom is -0.495 e. The maximum absolute atomic E-state index is 8.72. The Kier molecular flexibility index (Phi) is 2.96. The predicted octanol–water partition coefficient (Wildman–Crippen LogP) is 2.98. The number of methoxy groups -OCH3 is 1. The summed E-state index contributed by atoms with van der Waals surface area (Å²) in [6.45, 7) is 0. The van der Waals surface area contributed by atoms with Gasteiger partial charge in [0.15, 0.2) is 0 Å². The first-order chi connectivity index (χ1) is 5.70. The average Bonchev–Trinajstić information content (AvgIpc) is 2.09. The molecule has 12 heavy (non-hydrogen) atoms. The second-order valence-electron chi connectivity index (χ2n) is 2.05. The normalized spacial score (nSPS) is 9.17. The van der Waals surface area contributed by atoms with Crippen LogP contribution in [0.4, 0.5) is 0 Å². The third-order valence-electron chi connectivity index (χ3n) is 1.39. The van der Waals surface area contributed by atoms with Crippen molar-refractivity contribution in [1.82, 2.24) is 0 Å². The van der Waals surface area contributed by atoms with Crippen LogP contribution in [-0.2, 0) is 0 Å². The molecule has 0 aliphatic carbocycles. The highest BCUT2D eigenvalue weighted by Gasteiger charge is 2.09. The van der Waals surface area contributed by atoms with Crippen molar-refractivity contribution in [3.05, 3.63) is 27.2 Å². The Bertz CT molecular complexity index is 346. The minimum absolute atomic E-state index is 0.355. The first-order valence-electron chi connectivity index (χ1n) is 3.12. The van der Waals surface area contributed by atoms with Crippen LogP contribution in [0, 0.1) is 11.3 Å². The van der Waals surface area contributed by atoms with Crippen LogP contribution in [0.2, 0.25) is 5.02 Å². The molecule has 2 nitrogen and oxygen atoms in total. The molecule has 4 heteroatoms. The fourth-order valence-corrected chi connectivity index (χ4v) is 1.34. The van der Waals surface area contributed by atoms with Crippen LogP contribution in [0.15, 0.2) is 16.6 Å². The lowest BCUT2D eigenvalue weighted by Crippen LogP contribution is -1.88. The molecule has 1 aromatic carbocycles. The van der Waals surface area contributed by atoms with E-state index in [4.69, 9.17) is 21.6 Å². The Labute approximate surface area is 83.8 Å². The van der Waals surface area contributed by atoms with E-state index < -0.39 is 0 Å². The van der Waals surface area contributed by atoms with E-state index in [1.165, 1.54) is 7.11 Å². The monoisotopic (exact) mass is 245 g/mol. The molecule has 0 aliphatic heterocycles. The largest absolute Gasteiger partial charge is 0.495 e. The van der Waals surface area contributed by atoms with Crippen molar-refractivity contribution in [2.45, 2.75) is 0 Å². The summed E-state index contributed by atoms with van der Waals surface area (Å²) in [4.78, 5) is 0. The lowest BCUT2D eigenvalue weighted by Gasteiger charge is -2.04. The van der Waals surface area contributed by atoms with Gasteiger partial charge in [0.25, 0.3) is 0 Å². The molecule has 0 radical (unpaired) electrons. The summed E-state index contributed by atoms with van der Waals surface area (Å²) in [5.74, 6) is 0.491. The van der Waals surface area contributed by atoms with Gasteiger partial charge in [0.1, 0.15) is 17.4 Å². The van der Waals surface area contributed by atoms with Crippen molar-refractivity contribution in [2.24, 2.45) is 0 Å². The molecule has 0 aliphatic rings. The molecule has 0 saturated heterocycles. The number of ether oxygens (including phenoxy) is 1. The van der Waals surface area contributed by atoms with Gasteiger partial charge >= 0.3 is 0 Å². The fourth-order valence-electron chi connectivity index (χ4n) is 0.807. The second kappa shape index (κ2) is 3.79. The van der Waals surface area contributed by atoms with Crippen LogP contribution in [0.1, 0.15) is 5.56 Å². The Morgan fingerprint density at radius 1 is 1.58 bits per heavy atom. The highest BCUT2D eigenvalue weighted by molar-refractivity contribution is 9.10. The number of halogens is 2. The van der Waals surface area contributed by atoms with Gasteiger partial charge in [-0.1, -0.05) is 11.6 Å². The summed E-state index contributed by atoms with van der Waals surface area (Å²) in [7, 11) is 1.50. The zero-order valence-electron chi connectivity index (χ0n) is 6.27. The Balaban J connectivity index is 3.38. The van der Waals surface area contributed by atoms with Crippen molar-refractivity contribution in [3.63, 3.8) is 0 Å². The molecule has 0 spiro atoms. The molecule has 1 aromatic rings. The van der Waals surface area contributed by atoms with Gasteiger partial charge in [-0.05, 0) is 28.1 Å². The number of hydrogen-bond donors (Lipinski definition) is 0. The van der Waals surface area contributed by atoms with E-state index in [1.807, 2.05) is 6.07 Å². The predicted molar refractivity (Wildman–Crippen MR) is 50.4 cm³/mol. The van der Waals surface area contributed by atoms with Gasteiger partial charge in [-0.2, -0.15) is 5.26 Å². The summed E-state index contributed by atoms with van der Waals surface area (Å²) >= 11 is 9.04. The molecule has 0 unspecified atom stereocenters. The van der Waals surface area contributed by atoms with Crippen LogP contribution in [0.3, 0.4) is 0 Å². The first-order valence-corrected chi connectivity index (χ1v) is 4.30. The van der Waals surface area contributed by atoms with E-state index in [9.17, 15) is 0 Å². The molecular formula is C8H5BrClNO. The van der Waals surface area contributed by atoms with Gasteiger partial charge < -0.3 is 4.74 Å². The Morgan fingerprint density at radius 2 is 2.25 bits per heavy atom. The zero-order valence-corrected chi connectivity index (χ0v) is 8.61. The van der Waals surface area contributed by atoms with E-state index in [2.05, 4.69) is 15.9 Å². The van der Waals surface area contributed by atoms with Crippen LogP contribution in [0.25, 0.3) is 0 Å². The van der Waals surface area contributed by atoms with Crippen LogP contribution in [-0.4, -0.2) is 7.11 Å². The molecule has 0 aromatic heterocycles. The van der Waals surface area contributed by atoms with Crippen molar-refractivity contribution in [1.29, 1.82) is 5.26 Å². The third kappa shape index (κ3) is 1.55. The molecule has 0 saturated carbocycles. The van der Waals surface area contributed by atoms with Crippen molar-refractivity contribution < 1.29 is 4.74 Å². The number of rotatable bonds is 1. The molecule has 0 heterocycles. The van der Waals surface area contributed by atoms with E-state index in [-0.39, 0.29) is 0 Å². The van der Waals surface area contributed by atoms with Gasteiger partial charge in [-0.15, -0.1) is 0 Å². The first kappa shape index (κ1) is 9.37. The van der Waals surface area contributed by atoms with E-state index >= 15 is 0 Å². The summed E-state index contributed by atoms with van der Waals surface area (Å²) < 4.78 is 5.64. The van der Waals surface area contributed by atoms with E-state index in [0.29, 0.717) is 20.8 Å². The Hall–Kier alpha value is -0.720. The maximum Gasteiger partial charge on any atom is 0.138 e. The van der Waals surface area contributed by atoms with Crippen LogP contribution in [0.5, 0.6) is 5.75 Å². The maximum atomic E-state index is 8.72. The minimum atomic E-state index is 0.355. The molecule has 0 N–H and O–H groups in total. The molecule has 0 bridgehead atoms.